The van der Waals surface area contributed by atoms with E-state index in [4.69, 9.17) is 0 Å². The summed E-state index contributed by atoms with van der Waals surface area (Å²) in [7, 11) is -3.92. The van der Waals surface area contributed by atoms with Crippen molar-refractivity contribution in [3.05, 3.63) is 94.1 Å². The molecule has 0 radical (unpaired) electrons. The van der Waals surface area contributed by atoms with Gasteiger partial charge in [0.15, 0.2) is 0 Å². The molecule has 2 aromatic carbocycles. The van der Waals surface area contributed by atoms with E-state index in [1.165, 1.54) is 39.7 Å². The Balaban J connectivity index is 1.41. The number of nitrogens with zero attached hydrogens (tertiary/aromatic N) is 3. The Bertz CT molecular complexity index is 1530. The number of aromatic carboxylic acids is 1. The fourth-order valence-corrected chi connectivity index (χ4v) is 7.74. The third-order valence-electron chi connectivity index (χ3n) is 7.80. The molecule has 1 aromatic heterocycles. The first-order valence-corrected chi connectivity index (χ1v) is 14.7. The maximum atomic E-state index is 13.6. The van der Waals surface area contributed by atoms with Crippen LogP contribution >= 0.6 is 0 Å². The van der Waals surface area contributed by atoms with Crippen LogP contribution in [0.3, 0.4) is 0 Å². The number of allylic oxidation sites excluding steroid dienone is 1. The topological polar surface area (TPSA) is 113 Å². The molecule has 10 heteroatoms. The molecule has 0 fully saturated rings. The lowest BCUT2D eigenvalue weighted by atomic mass is 9.80. The van der Waals surface area contributed by atoms with Crippen LogP contribution in [0.4, 0.5) is 4.39 Å². The van der Waals surface area contributed by atoms with E-state index in [0.29, 0.717) is 6.42 Å². The highest BCUT2D eigenvalue weighted by atomic mass is 32.2. The molecule has 0 spiro atoms. The van der Waals surface area contributed by atoms with Crippen LogP contribution in [0.5, 0.6) is 0 Å². The monoisotopic (exact) mass is 553 g/mol. The van der Waals surface area contributed by atoms with Crippen molar-refractivity contribution in [3.63, 3.8) is 0 Å². The van der Waals surface area contributed by atoms with Crippen LogP contribution in [0.2, 0.25) is 0 Å². The molecule has 5 rings (SSSR count). The normalized spacial score (nSPS) is 19.7. The largest absolute Gasteiger partial charge is 0.478 e. The average Bonchev–Trinajstić information content (AvgIpc) is 3.49. The summed E-state index contributed by atoms with van der Waals surface area (Å²) in [5.41, 5.74) is 5.59. The van der Waals surface area contributed by atoms with E-state index in [9.17, 15) is 27.8 Å². The second-order valence-electron chi connectivity index (χ2n) is 10.5. The highest BCUT2D eigenvalue weighted by Gasteiger charge is 2.38. The molecular formula is C29H32FN3O5S. The van der Waals surface area contributed by atoms with E-state index in [1.54, 1.807) is 31.2 Å². The smallest absolute Gasteiger partial charge is 0.335 e. The van der Waals surface area contributed by atoms with Gasteiger partial charge in [0.05, 0.1) is 35.0 Å². The number of aliphatic hydroxyl groups is 1. The second-order valence-corrected chi connectivity index (χ2v) is 12.5. The Labute approximate surface area is 227 Å². The van der Waals surface area contributed by atoms with E-state index < -0.39 is 27.8 Å². The van der Waals surface area contributed by atoms with E-state index in [1.807, 2.05) is 10.9 Å². The Morgan fingerprint density at radius 1 is 1.21 bits per heavy atom. The number of hydrogen-bond acceptors (Lipinski definition) is 5. The fourth-order valence-electron chi connectivity index (χ4n) is 6.06. The Kier molecular flexibility index (Phi) is 7.45. The number of carboxylic acids is 1. The Morgan fingerprint density at radius 3 is 2.62 bits per heavy atom. The summed E-state index contributed by atoms with van der Waals surface area (Å²) in [4.78, 5) is 11.7. The molecule has 0 saturated carbocycles. The number of aromatic nitrogens is 2. The third kappa shape index (κ3) is 5.41. The molecule has 0 unspecified atom stereocenters. The van der Waals surface area contributed by atoms with Gasteiger partial charge in [0, 0.05) is 31.0 Å². The zero-order valence-corrected chi connectivity index (χ0v) is 22.7. The molecule has 3 atom stereocenters. The summed E-state index contributed by atoms with van der Waals surface area (Å²) >= 11 is 0. The van der Waals surface area contributed by atoms with Gasteiger partial charge in [-0.05, 0) is 61.6 Å². The molecule has 3 aromatic rings. The first-order valence-electron chi connectivity index (χ1n) is 13.1. The van der Waals surface area contributed by atoms with Crippen molar-refractivity contribution >= 4 is 16.0 Å². The lowest BCUT2D eigenvalue weighted by molar-refractivity contribution is 0.0696. The molecule has 0 aliphatic heterocycles. The first-order chi connectivity index (χ1) is 18.5. The zero-order chi connectivity index (χ0) is 27.9. The maximum Gasteiger partial charge on any atom is 0.335 e. The molecule has 2 aliphatic carbocycles. The number of carboxylic acid groups (broad SMARTS) is 1. The number of carbonyl (C=O) groups is 1. The van der Waals surface area contributed by atoms with E-state index >= 15 is 0 Å². The Morgan fingerprint density at radius 2 is 1.92 bits per heavy atom. The van der Waals surface area contributed by atoms with Crippen LogP contribution in [0.25, 0.3) is 5.69 Å². The van der Waals surface area contributed by atoms with Crippen LogP contribution in [-0.4, -0.2) is 57.9 Å². The predicted molar refractivity (Wildman–Crippen MR) is 145 cm³/mol. The maximum absolute atomic E-state index is 13.6. The highest BCUT2D eigenvalue weighted by molar-refractivity contribution is 7.88. The van der Waals surface area contributed by atoms with Crippen molar-refractivity contribution in [2.75, 3.05) is 13.1 Å². The molecule has 2 aliphatic rings. The number of benzene rings is 2. The first kappa shape index (κ1) is 27.2. The summed E-state index contributed by atoms with van der Waals surface area (Å²) in [5.74, 6) is -1.93. The SMILES string of the molecule is C[C@H](O)CN(C[C@@H]1CCC2=C1[C@@H](C)c1cnn(-c3ccc(F)cc3)c1C2)S(=O)(=O)Cc1ccccc1C(=O)O. The predicted octanol–water partition coefficient (Wildman–Crippen LogP) is 4.29. The molecule has 0 saturated heterocycles. The Hall–Kier alpha value is -3.34. The minimum absolute atomic E-state index is 0.0273. The van der Waals surface area contributed by atoms with E-state index in [2.05, 4.69) is 12.0 Å². The van der Waals surface area contributed by atoms with Crippen molar-refractivity contribution in [3.8, 4) is 5.69 Å². The van der Waals surface area contributed by atoms with Crippen LogP contribution in [0.1, 0.15) is 59.8 Å². The van der Waals surface area contributed by atoms with Gasteiger partial charge in [0.2, 0.25) is 10.0 Å². The van der Waals surface area contributed by atoms with Gasteiger partial charge in [-0.1, -0.05) is 36.3 Å². The summed E-state index contributed by atoms with van der Waals surface area (Å²) in [6.45, 7) is 3.80. The van der Waals surface area contributed by atoms with Crippen LogP contribution in [-0.2, 0) is 22.2 Å². The summed E-state index contributed by atoms with van der Waals surface area (Å²) in [6, 6.07) is 12.3. The van der Waals surface area contributed by atoms with Gasteiger partial charge in [0.25, 0.3) is 0 Å². The van der Waals surface area contributed by atoms with Gasteiger partial charge in [0.1, 0.15) is 5.82 Å². The van der Waals surface area contributed by atoms with E-state index in [0.717, 1.165) is 29.8 Å². The van der Waals surface area contributed by atoms with Crippen molar-refractivity contribution in [1.82, 2.24) is 14.1 Å². The number of hydrogen-bond donors (Lipinski definition) is 2. The number of fused-ring (bicyclic) bond motifs is 1. The lowest BCUT2D eigenvalue weighted by Crippen LogP contribution is -2.41. The van der Waals surface area contributed by atoms with Gasteiger partial charge in [-0.15, -0.1) is 0 Å². The van der Waals surface area contributed by atoms with Gasteiger partial charge < -0.3 is 10.2 Å². The molecule has 1 heterocycles. The fraction of sp³-hybridized carbons (Fsp3) is 0.379. The molecule has 39 heavy (non-hydrogen) atoms. The van der Waals surface area contributed by atoms with Gasteiger partial charge in [-0.3, -0.25) is 0 Å². The van der Waals surface area contributed by atoms with Crippen molar-refractivity contribution in [2.45, 2.75) is 50.9 Å². The molecular weight excluding hydrogens is 521 g/mol. The van der Waals surface area contributed by atoms with Gasteiger partial charge >= 0.3 is 5.97 Å². The number of rotatable bonds is 9. The standard InChI is InChI=1S/C29H32FN3O5S/c1-18(34)15-32(39(37,38)17-22-5-3-4-6-25(22)29(35)36)16-21-8-7-20-13-27-26(19(2)28(20)21)14-31-33(27)24-11-9-23(30)10-12-24/h3-6,9-12,14,18-19,21,34H,7-8,13,15-17H2,1-2H3,(H,35,36)/t18-,19-,21-/m0/s1. The zero-order valence-electron chi connectivity index (χ0n) is 21.9. The molecule has 8 nitrogen and oxygen atoms in total. The summed E-state index contributed by atoms with van der Waals surface area (Å²) < 4.78 is 43.8. The number of aliphatic hydroxyl groups excluding tert-OH is 1. The van der Waals surface area contributed by atoms with Crippen molar-refractivity contribution < 1.29 is 27.8 Å². The molecule has 0 bridgehead atoms. The quantitative estimate of drug-likeness (QED) is 0.383. The number of sulfonamides is 1. The van der Waals surface area contributed by atoms with Crippen molar-refractivity contribution in [1.29, 1.82) is 0 Å². The van der Waals surface area contributed by atoms with Crippen LogP contribution in [0, 0.1) is 11.7 Å². The third-order valence-corrected chi connectivity index (χ3v) is 9.56. The molecule has 206 valence electrons. The van der Waals surface area contributed by atoms with E-state index in [-0.39, 0.29) is 41.9 Å². The van der Waals surface area contributed by atoms with Gasteiger partial charge in [-0.2, -0.15) is 9.40 Å². The minimum atomic E-state index is -3.92. The summed E-state index contributed by atoms with van der Waals surface area (Å²) in [5, 5.41) is 24.3. The number of halogens is 1. The molecule has 0 amide bonds. The molecule has 2 N–H and O–H groups in total. The van der Waals surface area contributed by atoms with Crippen molar-refractivity contribution in [2.24, 2.45) is 5.92 Å². The lowest BCUT2D eigenvalue weighted by Gasteiger charge is -2.31. The highest BCUT2D eigenvalue weighted by Crippen LogP contribution is 2.47. The average molecular weight is 554 g/mol. The van der Waals surface area contributed by atoms with Crippen LogP contribution in [0.15, 0.2) is 65.9 Å². The van der Waals surface area contributed by atoms with Gasteiger partial charge in [-0.25, -0.2) is 22.3 Å². The minimum Gasteiger partial charge on any atom is -0.478 e. The second kappa shape index (κ2) is 10.7. The van der Waals surface area contributed by atoms with Crippen LogP contribution < -0.4 is 0 Å². The summed E-state index contributed by atoms with van der Waals surface area (Å²) in [6.07, 6.45) is 3.28.